The van der Waals surface area contributed by atoms with Crippen LogP contribution < -0.4 is 0 Å². The van der Waals surface area contributed by atoms with Crippen molar-refractivity contribution in [1.29, 1.82) is 0 Å². The lowest BCUT2D eigenvalue weighted by atomic mass is 10.2. The van der Waals surface area contributed by atoms with Crippen molar-refractivity contribution in [3.63, 3.8) is 0 Å². The van der Waals surface area contributed by atoms with Crippen LogP contribution in [0.4, 0.5) is 0 Å². The zero-order valence-electron chi connectivity index (χ0n) is 7.38. The van der Waals surface area contributed by atoms with Crippen molar-refractivity contribution in [3.05, 3.63) is 34.3 Å². The van der Waals surface area contributed by atoms with Gasteiger partial charge in [-0.25, -0.2) is 0 Å². The number of halogens is 1. The molecule has 0 nitrogen and oxygen atoms in total. The normalized spacial score (nSPS) is 12.9. The summed E-state index contributed by atoms with van der Waals surface area (Å²) in [5.74, 6) is 1.17. The SMILES string of the molecule is CCS[C@@H](C)c1ccccc1Br. The highest BCUT2D eigenvalue weighted by Crippen LogP contribution is 2.32. The summed E-state index contributed by atoms with van der Waals surface area (Å²) in [4.78, 5) is 0. The second kappa shape index (κ2) is 4.93. The van der Waals surface area contributed by atoms with Crippen LogP contribution in [0.1, 0.15) is 24.7 Å². The Morgan fingerprint density at radius 2 is 2.08 bits per heavy atom. The molecule has 0 amide bonds. The Labute approximate surface area is 86.9 Å². The molecule has 1 rings (SSSR count). The van der Waals surface area contributed by atoms with Gasteiger partial charge in [0.15, 0.2) is 0 Å². The lowest BCUT2D eigenvalue weighted by Crippen LogP contribution is -1.89. The smallest absolute Gasteiger partial charge is 0.0280 e. The highest BCUT2D eigenvalue weighted by atomic mass is 79.9. The molecule has 0 aromatic heterocycles. The van der Waals surface area contributed by atoms with Gasteiger partial charge in [0.2, 0.25) is 0 Å². The minimum Gasteiger partial charge on any atom is -0.154 e. The molecule has 0 bridgehead atoms. The van der Waals surface area contributed by atoms with Crippen molar-refractivity contribution in [2.24, 2.45) is 0 Å². The van der Waals surface area contributed by atoms with Crippen molar-refractivity contribution in [1.82, 2.24) is 0 Å². The van der Waals surface area contributed by atoms with Gasteiger partial charge in [0, 0.05) is 9.72 Å². The first-order valence-corrected chi connectivity index (χ1v) is 5.96. The molecule has 0 fully saturated rings. The van der Waals surface area contributed by atoms with Crippen molar-refractivity contribution < 1.29 is 0 Å². The fourth-order valence-corrected chi connectivity index (χ4v) is 2.81. The second-order valence-electron chi connectivity index (χ2n) is 2.62. The van der Waals surface area contributed by atoms with Crippen LogP contribution in [0.5, 0.6) is 0 Å². The third-order valence-corrected chi connectivity index (χ3v) is 3.57. The van der Waals surface area contributed by atoms with Crippen molar-refractivity contribution in [3.8, 4) is 0 Å². The molecule has 0 spiro atoms. The molecule has 66 valence electrons. The minimum absolute atomic E-state index is 0.588. The Morgan fingerprint density at radius 1 is 1.42 bits per heavy atom. The molecule has 0 N–H and O–H groups in total. The molecule has 0 saturated heterocycles. The van der Waals surface area contributed by atoms with Gasteiger partial charge in [-0.05, 0) is 24.3 Å². The molecule has 12 heavy (non-hydrogen) atoms. The zero-order valence-corrected chi connectivity index (χ0v) is 9.78. The van der Waals surface area contributed by atoms with E-state index in [1.165, 1.54) is 15.8 Å². The van der Waals surface area contributed by atoms with E-state index in [0.717, 1.165) is 0 Å². The molecular formula is C10H13BrS. The van der Waals surface area contributed by atoms with Gasteiger partial charge in [-0.15, -0.1) is 0 Å². The lowest BCUT2D eigenvalue weighted by molar-refractivity contribution is 1.09. The number of hydrogen-bond donors (Lipinski definition) is 0. The van der Waals surface area contributed by atoms with Gasteiger partial charge in [-0.3, -0.25) is 0 Å². The fourth-order valence-electron chi connectivity index (χ4n) is 1.14. The van der Waals surface area contributed by atoms with E-state index in [-0.39, 0.29) is 0 Å². The summed E-state index contributed by atoms with van der Waals surface area (Å²) in [7, 11) is 0. The molecular weight excluding hydrogens is 232 g/mol. The maximum absolute atomic E-state index is 3.55. The predicted molar refractivity (Wildman–Crippen MR) is 60.7 cm³/mol. The molecule has 1 aromatic carbocycles. The number of benzene rings is 1. The van der Waals surface area contributed by atoms with E-state index in [0.29, 0.717) is 5.25 Å². The highest BCUT2D eigenvalue weighted by molar-refractivity contribution is 9.10. The summed E-state index contributed by atoms with van der Waals surface area (Å²) in [6.07, 6.45) is 0. The molecule has 0 aliphatic carbocycles. The van der Waals surface area contributed by atoms with Crippen LogP contribution >= 0.6 is 27.7 Å². The Kier molecular flexibility index (Phi) is 4.16. The standard InChI is InChI=1S/C10H13BrS/c1-3-12-8(2)9-6-4-5-7-10(9)11/h4-8H,3H2,1-2H3/t8-/m0/s1. The number of thioether (sulfide) groups is 1. The Hall–Kier alpha value is 0.0500. The third kappa shape index (κ3) is 2.53. The molecule has 0 aliphatic heterocycles. The van der Waals surface area contributed by atoms with Gasteiger partial charge in [0.05, 0.1) is 0 Å². The molecule has 1 aromatic rings. The van der Waals surface area contributed by atoms with Crippen molar-refractivity contribution in [2.45, 2.75) is 19.1 Å². The number of rotatable bonds is 3. The van der Waals surface area contributed by atoms with Crippen LogP contribution in [0.2, 0.25) is 0 Å². The lowest BCUT2D eigenvalue weighted by Gasteiger charge is -2.11. The van der Waals surface area contributed by atoms with Gasteiger partial charge in [-0.2, -0.15) is 11.8 Å². The summed E-state index contributed by atoms with van der Waals surface area (Å²) in [5.41, 5.74) is 1.39. The molecule has 0 heterocycles. The molecule has 2 heteroatoms. The largest absolute Gasteiger partial charge is 0.154 e. The molecule has 1 atom stereocenters. The van der Waals surface area contributed by atoms with E-state index in [2.05, 4.69) is 54.0 Å². The van der Waals surface area contributed by atoms with Gasteiger partial charge in [0.25, 0.3) is 0 Å². The summed E-state index contributed by atoms with van der Waals surface area (Å²) >= 11 is 5.52. The topological polar surface area (TPSA) is 0 Å². The van der Waals surface area contributed by atoms with Gasteiger partial charge in [-0.1, -0.05) is 41.1 Å². The van der Waals surface area contributed by atoms with E-state index >= 15 is 0 Å². The van der Waals surface area contributed by atoms with Gasteiger partial charge >= 0.3 is 0 Å². The second-order valence-corrected chi connectivity index (χ2v) is 5.09. The average Bonchev–Trinajstić information content (AvgIpc) is 2.05. The van der Waals surface area contributed by atoms with Gasteiger partial charge in [0.1, 0.15) is 0 Å². The maximum atomic E-state index is 3.55. The minimum atomic E-state index is 0.588. The summed E-state index contributed by atoms with van der Waals surface area (Å²) in [5, 5.41) is 0.588. The van der Waals surface area contributed by atoms with E-state index in [1.807, 2.05) is 11.8 Å². The molecule has 0 aliphatic rings. The van der Waals surface area contributed by atoms with Gasteiger partial charge < -0.3 is 0 Å². The zero-order chi connectivity index (χ0) is 8.97. The summed E-state index contributed by atoms with van der Waals surface area (Å²) in [6, 6.07) is 8.42. The first-order chi connectivity index (χ1) is 5.75. The van der Waals surface area contributed by atoms with E-state index in [4.69, 9.17) is 0 Å². The quantitative estimate of drug-likeness (QED) is 0.766. The Morgan fingerprint density at radius 3 is 2.67 bits per heavy atom. The Balaban J connectivity index is 2.79. The summed E-state index contributed by atoms with van der Waals surface area (Å²) < 4.78 is 1.22. The van der Waals surface area contributed by atoms with E-state index < -0.39 is 0 Å². The van der Waals surface area contributed by atoms with E-state index in [9.17, 15) is 0 Å². The molecule has 0 radical (unpaired) electrons. The summed E-state index contributed by atoms with van der Waals surface area (Å²) in [6.45, 7) is 4.44. The Bertz CT molecular complexity index is 247. The van der Waals surface area contributed by atoms with Crippen molar-refractivity contribution in [2.75, 3.05) is 5.75 Å². The predicted octanol–water partition coefficient (Wildman–Crippen LogP) is 4.26. The van der Waals surface area contributed by atoms with Crippen LogP contribution in [0, 0.1) is 0 Å². The first kappa shape index (κ1) is 10.1. The maximum Gasteiger partial charge on any atom is 0.0280 e. The van der Waals surface area contributed by atoms with Crippen molar-refractivity contribution >= 4 is 27.7 Å². The molecule has 0 unspecified atom stereocenters. The monoisotopic (exact) mass is 244 g/mol. The van der Waals surface area contributed by atoms with Crippen LogP contribution in [0.25, 0.3) is 0 Å². The van der Waals surface area contributed by atoms with E-state index in [1.54, 1.807) is 0 Å². The van der Waals surface area contributed by atoms with Crippen LogP contribution in [0.15, 0.2) is 28.7 Å². The van der Waals surface area contributed by atoms with Crippen LogP contribution in [0.3, 0.4) is 0 Å². The highest BCUT2D eigenvalue weighted by Gasteiger charge is 2.06. The van der Waals surface area contributed by atoms with Crippen LogP contribution in [-0.4, -0.2) is 5.75 Å². The van der Waals surface area contributed by atoms with Crippen LogP contribution in [-0.2, 0) is 0 Å². The fraction of sp³-hybridized carbons (Fsp3) is 0.400. The average molecular weight is 245 g/mol. The molecule has 0 saturated carbocycles. The first-order valence-electron chi connectivity index (χ1n) is 4.11. The number of hydrogen-bond acceptors (Lipinski definition) is 1. The third-order valence-electron chi connectivity index (χ3n) is 1.76.